The molecule has 0 spiro atoms. The molecule has 3 aliphatic heterocycles. The summed E-state index contributed by atoms with van der Waals surface area (Å²) in [6.45, 7) is 4.12. The summed E-state index contributed by atoms with van der Waals surface area (Å²) in [5.41, 5.74) is 4.58. The standard InChI is InChI=1S/C23H32N6O3/c1-16-18(23(32)28-12-4-2-5-13-28)15-24-22(25-16)19-7-3-6-14-29(19)21(31)11-9-17-8-10-20(30)27-26-17/h15,19H,2-14H2,1H3,(H,27,30). The largest absolute Gasteiger partial charge is 0.339 e. The van der Waals surface area contributed by atoms with Gasteiger partial charge in [0.25, 0.3) is 5.91 Å². The highest BCUT2D eigenvalue weighted by atomic mass is 16.2. The number of likely N-dealkylation sites (tertiary alicyclic amines) is 2. The van der Waals surface area contributed by atoms with Crippen molar-refractivity contribution in [2.75, 3.05) is 19.6 Å². The smallest absolute Gasteiger partial charge is 0.257 e. The van der Waals surface area contributed by atoms with Crippen LogP contribution >= 0.6 is 0 Å². The number of aromatic nitrogens is 2. The number of nitrogens with one attached hydrogen (secondary N) is 1. The fraction of sp³-hybridized carbons (Fsp3) is 0.652. The Balaban J connectivity index is 1.43. The zero-order chi connectivity index (χ0) is 22.5. The van der Waals surface area contributed by atoms with Crippen molar-refractivity contribution in [2.24, 2.45) is 5.10 Å². The van der Waals surface area contributed by atoms with Gasteiger partial charge in [-0.2, -0.15) is 5.10 Å². The molecule has 0 radical (unpaired) electrons. The Hall–Kier alpha value is -2.84. The van der Waals surface area contributed by atoms with E-state index in [0.717, 1.165) is 50.9 Å². The number of rotatable bonds is 5. The van der Waals surface area contributed by atoms with E-state index in [9.17, 15) is 14.4 Å². The molecule has 3 aliphatic rings. The maximum Gasteiger partial charge on any atom is 0.257 e. The molecule has 0 bridgehead atoms. The Morgan fingerprint density at radius 3 is 2.59 bits per heavy atom. The van der Waals surface area contributed by atoms with Gasteiger partial charge >= 0.3 is 0 Å². The van der Waals surface area contributed by atoms with Crippen LogP contribution in [-0.4, -0.2) is 62.8 Å². The number of piperidine rings is 2. The van der Waals surface area contributed by atoms with Gasteiger partial charge in [0.15, 0.2) is 5.82 Å². The third kappa shape index (κ3) is 5.14. The van der Waals surface area contributed by atoms with E-state index in [0.29, 0.717) is 49.3 Å². The van der Waals surface area contributed by atoms with Crippen LogP contribution in [0.1, 0.15) is 92.1 Å². The number of hydrogen-bond donors (Lipinski definition) is 1. The fourth-order valence-electron chi connectivity index (χ4n) is 4.71. The van der Waals surface area contributed by atoms with Crippen LogP contribution in [0.15, 0.2) is 11.3 Å². The third-order valence-corrected chi connectivity index (χ3v) is 6.60. The van der Waals surface area contributed by atoms with Crippen LogP contribution in [0.5, 0.6) is 0 Å². The van der Waals surface area contributed by atoms with Gasteiger partial charge in [0.05, 0.1) is 17.3 Å². The van der Waals surface area contributed by atoms with Crippen LogP contribution < -0.4 is 5.43 Å². The number of hydrogen-bond acceptors (Lipinski definition) is 6. The molecule has 32 heavy (non-hydrogen) atoms. The second kappa shape index (κ2) is 10.2. The first-order chi connectivity index (χ1) is 15.5. The Morgan fingerprint density at radius 1 is 1.09 bits per heavy atom. The molecule has 4 heterocycles. The van der Waals surface area contributed by atoms with E-state index < -0.39 is 0 Å². The van der Waals surface area contributed by atoms with Crippen molar-refractivity contribution < 1.29 is 14.4 Å². The van der Waals surface area contributed by atoms with Gasteiger partial charge in [0.2, 0.25) is 11.8 Å². The summed E-state index contributed by atoms with van der Waals surface area (Å²) in [7, 11) is 0. The van der Waals surface area contributed by atoms with Gasteiger partial charge in [-0.25, -0.2) is 15.4 Å². The lowest BCUT2D eigenvalue weighted by Gasteiger charge is -2.35. The lowest BCUT2D eigenvalue weighted by Crippen LogP contribution is -2.40. The Labute approximate surface area is 188 Å². The van der Waals surface area contributed by atoms with Gasteiger partial charge < -0.3 is 9.80 Å². The van der Waals surface area contributed by atoms with Gasteiger partial charge in [0, 0.05) is 44.4 Å². The first-order valence-electron chi connectivity index (χ1n) is 11.8. The topological polar surface area (TPSA) is 108 Å². The first kappa shape index (κ1) is 22.4. The highest BCUT2D eigenvalue weighted by Gasteiger charge is 2.31. The summed E-state index contributed by atoms with van der Waals surface area (Å²) in [6, 6.07) is -0.165. The Bertz CT molecular complexity index is 909. The maximum atomic E-state index is 13.0. The molecule has 2 fully saturated rings. The maximum absolute atomic E-state index is 13.0. The van der Waals surface area contributed by atoms with E-state index in [1.165, 1.54) is 6.42 Å². The van der Waals surface area contributed by atoms with Crippen molar-refractivity contribution in [3.05, 3.63) is 23.3 Å². The summed E-state index contributed by atoms with van der Waals surface area (Å²) in [4.78, 5) is 50.1. The number of carbonyl (C=O) groups is 3. The molecule has 1 aromatic heterocycles. The highest BCUT2D eigenvalue weighted by Crippen LogP contribution is 2.30. The molecule has 1 atom stereocenters. The predicted molar refractivity (Wildman–Crippen MR) is 119 cm³/mol. The van der Waals surface area contributed by atoms with Crippen molar-refractivity contribution in [3.63, 3.8) is 0 Å². The van der Waals surface area contributed by atoms with E-state index in [2.05, 4.69) is 20.5 Å². The SMILES string of the molecule is Cc1nc(C2CCCCN2C(=O)CCC2=NNC(=O)CC2)ncc1C(=O)N1CCCCC1. The minimum Gasteiger partial charge on any atom is -0.339 e. The molecule has 4 rings (SSSR count). The molecule has 2 saturated heterocycles. The minimum atomic E-state index is -0.165. The molecule has 1 unspecified atom stereocenters. The van der Waals surface area contributed by atoms with E-state index >= 15 is 0 Å². The van der Waals surface area contributed by atoms with Crippen LogP contribution in [0.3, 0.4) is 0 Å². The molecule has 0 saturated carbocycles. The summed E-state index contributed by atoms with van der Waals surface area (Å²) >= 11 is 0. The van der Waals surface area contributed by atoms with E-state index in [1.54, 1.807) is 6.20 Å². The van der Waals surface area contributed by atoms with Crippen molar-refractivity contribution >= 4 is 23.4 Å². The highest BCUT2D eigenvalue weighted by molar-refractivity contribution is 5.95. The first-order valence-corrected chi connectivity index (χ1v) is 11.8. The quantitative estimate of drug-likeness (QED) is 0.757. The van der Waals surface area contributed by atoms with Crippen molar-refractivity contribution in [3.8, 4) is 0 Å². The zero-order valence-electron chi connectivity index (χ0n) is 18.8. The molecule has 9 heteroatoms. The molecule has 1 N–H and O–H groups in total. The summed E-state index contributed by atoms with van der Waals surface area (Å²) in [5.74, 6) is 0.605. The zero-order valence-corrected chi connectivity index (χ0v) is 18.8. The molecule has 172 valence electrons. The molecular formula is C23H32N6O3. The van der Waals surface area contributed by atoms with Crippen LogP contribution in [-0.2, 0) is 9.59 Å². The van der Waals surface area contributed by atoms with Gasteiger partial charge in [-0.1, -0.05) is 0 Å². The Morgan fingerprint density at radius 2 is 1.88 bits per heavy atom. The molecule has 0 aromatic carbocycles. The van der Waals surface area contributed by atoms with Crippen LogP contribution in [0, 0.1) is 6.92 Å². The van der Waals surface area contributed by atoms with Crippen molar-refractivity contribution in [1.82, 2.24) is 25.2 Å². The van der Waals surface area contributed by atoms with Crippen LogP contribution in [0.4, 0.5) is 0 Å². The number of nitrogens with zero attached hydrogens (tertiary/aromatic N) is 5. The molecule has 3 amide bonds. The molecule has 9 nitrogen and oxygen atoms in total. The van der Waals surface area contributed by atoms with E-state index in [-0.39, 0.29) is 23.8 Å². The average molecular weight is 441 g/mol. The lowest BCUT2D eigenvalue weighted by molar-refractivity contribution is -0.135. The Kier molecular flexibility index (Phi) is 7.12. The molecule has 0 aliphatic carbocycles. The normalized spacial score (nSPS) is 21.7. The number of aryl methyl sites for hydroxylation is 1. The second-order valence-electron chi connectivity index (χ2n) is 8.89. The third-order valence-electron chi connectivity index (χ3n) is 6.60. The van der Waals surface area contributed by atoms with Crippen LogP contribution in [0.2, 0.25) is 0 Å². The van der Waals surface area contributed by atoms with Crippen molar-refractivity contribution in [2.45, 2.75) is 77.2 Å². The predicted octanol–water partition coefficient (Wildman–Crippen LogP) is 2.51. The number of hydrazone groups is 1. The van der Waals surface area contributed by atoms with Crippen molar-refractivity contribution in [1.29, 1.82) is 0 Å². The number of carbonyl (C=O) groups excluding carboxylic acids is 3. The van der Waals surface area contributed by atoms with Crippen LogP contribution in [0.25, 0.3) is 0 Å². The summed E-state index contributed by atoms with van der Waals surface area (Å²) < 4.78 is 0. The van der Waals surface area contributed by atoms with Gasteiger partial charge in [-0.3, -0.25) is 14.4 Å². The second-order valence-corrected chi connectivity index (χ2v) is 8.89. The monoisotopic (exact) mass is 440 g/mol. The van der Waals surface area contributed by atoms with Gasteiger partial charge in [-0.05, 0) is 58.3 Å². The van der Waals surface area contributed by atoms with E-state index in [4.69, 9.17) is 0 Å². The number of amides is 3. The lowest BCUT2D eigenvalue weighted by atomic mass is 9.99. The van der Waals surface area contributed by atoms with Gasteiger partial charge in [-0.15, -0.1) is 0 Å². The summed E-state index contributed by atoms with van der Waals surface area (Å²) in [5, 5.41) is 4.07. The van der Waals surface area contributed by atoms with E-state index in [1.807, 2.05) is 16.7 Å². The molecule has 1 aromatic rings. The van der Waals surface area contributed by atoms with Gasteiger partial charge in [0.1, 0.15) is 0 Å². The average Bonchev–Trinajstić information content (AvgIpc) is 2.83. The fourth-order valence-corrected chi connectivity index (χ4v) is 4.71. The minimum absolute atomic E-state index is 0.00525. The molecular weight excluding hydrogens is 408 g/mol. The summed E-state index contributed by atoms with van der Waals surface area (Å²) in [6.07, 6.45) is 9.64.